The molecule has 182 valence electrons. The first-order valence-electron chi connectivity index (χ1n) is 12.3. The summed E-state index contributed by atoms with van der Waals surface area (Å²) in [5.41, 5.74) is 13.9. The summed E-state index contributed by atoms with van der Waals surface area (Å²) in [7, 11) is 0. The fourth-order valence-corrected chi connectivity index (χ4v) is 6.27. The molecule has 0 spiro atoms. The summed E-state index contributed by atoms with van der Waals surface area (Å²) < 4.78 is 1.83. The maximum absolute atomic E-state index is 10.3. The van der Waals surface area contributed by atoms with E-state index in [1.807, 2.05) is 47.3 Å². The Hall–Kier alpha value is -3.91. The summed E-state index contributed by atoms with van der Waals surface area (Å²) in [6.07, 6.45) is 2.98. The van der Waals surface area contributed by atoms with Crippen LogP contribution in [0.4, 0.5) is 0 Å². The second kappa shape index (κ2) is 8.05. The van der Waals surface area contributed by atoms with Crippen LogP contribution in [0.25, 0.3) is 50.3 Å². The molecule has 7 heteroatoms. The molecule has 0 aliphatic heterocycles. The highest BCUT2D eigenvalue weighted by Crippen LogP contribution is 2.46. The van der Waals surface area contributed by atoms with Crippen molar-refractivity contribution >= 4 is 28.0 Å². The van der Waals surface area contributed by atoms with Crippen LogP contribution in [0.15, 0.2) is 89.8 Å². The molecule has 0 unspecified atom stereocenters. The number of rotatable bonds is 4. The van der Waals surface area contributed by atoms with Crippen LogP contribution in [0.5, 0.6) is 0 Å². The molecule has 0 amide bonds. The highest BCUT2D eigenvalue weighted by atomic mass is 32.1. The third kappa shape index (κ3) is 3.74. The summed E-state index contributed by atoms with van der Waals surface area (Å²) in [5.74, 6) is 0. The molecule has 4 aromatic heterocycles. The van der Waals surface area contributed by atoms with Crippen molar-refractivity contribution in [2.24, 2.45) is 5.73 Å². The van der Waals surface area contributed by atoms with Crippen LogP contribution < -0.4 is 5.73 Å². The molecule has 2 aromatic carbocycles. The number of nitrogens with two attached hydrogens (primary N) is 1. The molecular formula is C30H25N5OS. The molecule has 0 radical (unpaired) electrons. The van der Waals surface area contributed by atoms with Gasteiger partial charge in [0.05, 0.1) is 17.0 Å². The van der Waals surface area contributed by atoms with E-state index in [1.165, 1.54) is 0 Å². The molecule has 1 saturated carbocycles. The number of hydrogen-bond donors (Lipinski definition) is 2. The van der Waals surface area contributed by atoms with Crippen molar-refractivity contribution in [3.05, 3.63) is 95.3 Å². The monoisotopic (exact) mass is 503 g/mol. The first-order chi connectivity index (χ1) is 17.9. The number of fused-ring (bicyclic) bond motifs is 3. The number of hydrogen-bond acceptors (Lipinski definition) is 6. The highest BCUT2D eigenvalue weighted by molar-refractivity contribution is 7.08. The van der Waals surface area contributed by atoms with Gasteiger partial charge >= 0.3 is 0 Å². The molecule has 6 nitrogen and oxygen atoms in total. The van der Waals surface area contributed by atoms with Crippen LogP contribution in [-0.2, 0) is 5.54 Å². The summed E-state index contributed by atoms with van der Waals surface area (Å²) >= 11 is 1.65. The van der Waals surface area contributed by atoms with Crippen molar-refractivity contribution in [3.8, 4) is 33.6 Å². The molecule has 7 rings (SSSR count). The lowest BCUT2D eigenvalue weighted by molar-refractivity contribution is -0.0738. The van der Waals surface area contributed by atoms with Crippen molar-refractivity contribution in [2.45, 2.75) is 30.9 Å². The fraction of sp³-hybridized carbons (Fsp3) is 0.167. The standard InChI is InChI=1S/C30H25N5OS/c1-29(36)17-30(31,18-29)23-9-7-20(8-10-23)27-24(19-5-3-2-4-6-19)13-22-15-32-26-14-25(21-11-12-37-16-21)34-35(26)28(22)33-27/h2-16,36H,17-18,31H2,1H3/t29-,30-. The van der Waals surface area contributed by atoms with Gasteiger partial charge in [-0.1, -0.05) is 54.6 Å². The van der Waals surface area contributed by atoms with E-state index in [-0.39, 0.29) is 0 Å². The normalized spacial score (nSPS) is 21.4. The predicted molar refractivity (Wildman–Crippen MR) is 148 cm³/mol. The Morgan fingerprint density at radius 2 is 1.73 bits per heavy atom. The molecule has 1 aliphatic rings. The number of benzene rings is 2. The van der Waals surface area contributed by atoms with Gasteiger partial charge in [-0.15, -0.1) is 0 Å². The minimum atomic E-state index is -0.696. The van der Waals surface area contributed by atoms with Crippen molar-refractivity contribution < 1.29 is 5.11 Å². The zero-order valence-electron chi connectivity index (χ0n) is 20.3. The molecule has 37 heavy (non-hydrogen) atoms. The molecule has 6 aromatic rings. The maximum atomic E-state index is 10.3. The van der Waals surface area contributed by atoms with E-state index in [9.17, 15) is 5.11 Å². The van der Waals surface area contributed by atoms with E-state index in [0.29, 0.717) is 12.8 Å². The van der Waals surface area contributed by atoms with Crippen LogP contribution in [0, 0.1) is 0 Å². The van der Waals surface area contributed by atoms with Crippen molar-refractivity contribution in [2.75, 3.05) is 0 Å². The Labute approximate surface area is 218 Å². The summed E-state index contributed by atoms with van der Waals surface area (Å²) in [4.78, 5) is 9.86. The van der Waals surface area contributed by atoms with Crippen molar-refractivity contribution in [1.82, 2.24) is 19.6 Å². The van der Waals surface area contributed by atoms with Crippen LogP contribution >= 0.6 is 11.3 Å². The minimum absolute atomic E-state index is 0.494. The number of aromatic nitrogens is 4. The number of aliphatic hydroxyl groups is 1. The molecule has 3 N–H and O–H groups in total. The molecule has 0 atom stereocenters. The summed E-state index contributed by atoms with van der Waals surface area (Å²) in [6.45, 7) is 1.84. The lowest BCUT2D eigenvalue weighted by Crippen LogP contribution is -2.58. The van der Waals surface area contributed by atoms with Gasteiger partial charge in [-0.25, -0.2) is 9.97 Å². The van der Waals surface area contributed by atoms with Gasteiger partial charge in [0.15, 0.2) is 11.3 Å². The van der Waals surface area contributed by atoms with Crippen LogP contribution in [0.2, 0.25) is 0 Å². The van der Waals surface area contributed by atoms with E-state index in [4.69, 9.17) is 15.8 Å². The lowest BCUT2D eigenvalue weighted by atomic mass is 9.63. The summed E-state index contributed by atoms with van der Waals surface area (Å²) in [6, 6.07) is 24.8. The zero-order valence-corrected chi connectivity index (χ0v) is 21.1. The van der Waals surface area contributed by atoms with Crippen LogP contribution in [0.1, 0.15) is 25.3 Å². The predicted octanol–water partition coefficient (Wildman–Crippen LogP) is 6.04. The van der Waals surface area contributed by atoms with E-state index in [1.54, 1.807) is 11.3 Å². The van der Waals surface area contributed by atoms with Crippen molar-refractivity contribution in [3.63, 3.8) is 0 Å². The van der Waals surface area contributed by atoms with E-state index in [0.717, 1.165) is 55.9 Å². The first-order valence-corrected chi connectivity index (χ1v) is 13.2. The first kappa shape index (κ1) is 22.3. The second-order valence-corrected chi connectivity index (χ2v) is 11.1. The van der Waals surface area contributed by atoms with Crippen molar-refractivity contribution in [1.29, 1.82) is 0 Å². The van der Waals surface area contributed by atoms with Gasteiger partial charge in [-0.3, -0.25) is 0 Å². The Bertz CT molecular complexity index is 1750. The minimum Gasteiger partial charge on any atom is -0.390 e. The molecule has 1 aliphatic carbocycles. The third-order valence-corrected chi connectivity index (χ3v) is 7.97. The quantitative estimate of drug-likeness (QED) is 0.306. The Balaban J connectivity index is 1.40. The molecule has 0 bridgehead atoms. The highest BCUT2D eigenvalue weighted by Gasteiger charge is 2.49. The van der Waals surface area contributed by atoms with E-state index < -0.39 is 11.1 Å². The largest absolute Gasteiger partial charge is 0.390 e. The molecule has 1 fully saturated rings. The Morgan fingerprint density at radius 1 is 0.946 bits per heavy atom. The number of pyridine rings is 1. The zero-order chi connectivity index (χ0) is 25.2. The van der Waals surface area contributed by atoms with Crippen LogP contribution in [0.3, 0.4) is 0 Å². The van der Waals surface area contributed by atoms with Gasteiger partial charge < -0.3 is 10.8 Å². The smallest absolute Gasteiger partial charge is 0.165 e. The second-order valence-electron chi connectivity index (χ2n) is 10.3. The Morgan fingerprint density at radius 3 is 2.43 bits per heavy atom. The Kier molecular flexibility index (Phi) is 4.85. The van der Waals surface area contributed by atoms with E-state index in [2.05, 4.69) is 58.9 Å². The maximum Gasteiger partial charge on any atom is 0.165 e. The lowest BCUT2D eigenvalue weighted by Gasteiger charge is -2.49. The number of thiophene rings is 1. The summed E-state index contributed by atoms with van der Waals surface area (Å²) in [5, 5.41) is 20.2. The average molecular weight is 504 g/mol. The van der Waals surface area contributed by atoms with Gasteiger partial charge in [-0.2, -0.15) is 21.0 Å². The fourth-order valence-electron chi connectivity index (χ4n) is 5.62. The molecule has 4 heterocycles. The molecule has 0 saturated heterocycles. The van der Waals surface area contributed by atoms with Gasteiger partial charge in [-0.05, 0) is 48.4 Å². The van der Waals surface area contributed by atoms with Gasteiger partial charge in [0, 0.05) is 45.3 Å². The van der Waals surface area contributed by atoms with Gasteiger partial charge in [0.25, 0.3) is 0 Å². The third-order valence-electron chi connectivity index (χ3n) is 7.29. The SMILES string of the molecule is C[C@]1(O)C[C@@](N)(c2ccc(-c3nc4c(cnc5cc(-c6ccsc6)nn54)cc3-c3ccccc3)cc2)C1. The van der Waals surface area contributed by atoms with Crippen LogP contribution in [-0.4, -0.2) is 30.3 Å². The topological polar surface area (TPSA) is 89.3 Å². The average Bonchev–Trinajstić information content (AvgIpc) is 3.58. The van der Waals surface area contributed by atoms with Gasteiger partial charge in [0.1, 0.15) is 0 Å². The van der Waals surface area contributed by atoms with Gasteiger partial charge in [0.2, 0.25) is 0 Å². The molecular weight excluding hydrogens is 478 g/mol. The number of nitrogens with zero attached hydrogens (tertiary/aromatic N) is 4. The van der Waals surface area contributed by atoms with E-state index >= 15 is 0 Å².